The summed E-state index contributed by atoms with van der Waals surface area (Å²) in [6.07, 6.45) is 0. The first-order valence-corrected chi connectivity index (χ1v) is 9.99. The van der Waals surface area contributed by atoms with Gasteiger partial charge in [-0.15, -0.1) is 11.3 Å². The second-order valence-corrected chi connectivity index (χ2v) is 7.66. The molecule has 0 amide bonds. The number of ether oxygens (including phenoxy) is 2. The third-order valence-corrected chi connectivity index (χ3v) is 5.70. The predicted molar refractivity (Wildman–Crippen MR) is 112 cm³/mol. The van der Waals surface area contributed by atoms with Gasteiger partial charge >= 0.3 is 5.97 Å². The van der Waals surface area contributed by atoms with Gasteiger partial charge in [0.15, 0.2) is 5.11 Å². The monoisotopic (exact) mass is 420 g/mol. The van der Waals surface area contributed by atoms with Gasteiger partial charge in [0, 0.05) is 17.7 Å². The third kappa shape index (κ3) is 4.09. The van der Waals surface area contributed by atoms with E-state index < -0.39 is 12.0 Å². The number of benzene rings is 1. The van der Waals surface area contributed by atoms with Crippen LogP contribution in [0, 0.1) is 12.7 Å². The maximum atomic E-state index is 14.1. The molecular weight excluding hydrogens is 399 g/mol. The molecule has 1 aromatic heterocycles. The SMILES string of the molecule is COCCOC(=O)C1=C(C)N(c2ccc(C)c(F)c2)C(=S)N[C@H]1c1cccs1. The molecule has 0 saturated carbocycles. The van der Waals surface area contributed by atoms with E-state index in [1.807, 2.05) is 17.5 Å². The average molecular weight is 421 g/mol. The van der Waals surface area contributed by atoms with Crippen LogP contribution in [0.3, 0.4) is 0 Å². The first-order chi connectivity index (χ1) is 13.4. The fourth-order valence-corrected chi connectivity index (χ4v) is 4.15. The highest BCUT2D eigenvalue weighted by Crippen LogP contribution is 2.36. The zero-order valence-electron chi connectivity index (χ0n) is 15.8. The molecule has 0 unspecified atom stereocenters. The summed E-state index contributed by atoms with van der Waals surface area (Å²) in [7, 11) is 1.54. The van der Waals surface area contributed by atoms with Crippen molar-refractivity contribution in [2.75, 3.05) is 25.2 Å². The van der Waals surface area contributed by atoms with E-state index in [1.165, 1.54) is 17.4 Å². The minimum atomic E-state index is -0.458. The van der Waals surface area contributed by atoms with Gasteiger partial charge in [0.1, 0.15) is 12.4 Å². The summed E-state index contributed by atoms with van der Waals surface area (Å²) >= 11 is 7.07. The van der Waals surface area contributed by atoms with Gasteiger partial charge < -0.3 is 14.8 Å². The Balaban J connectivity index is 2.05. The van der Waals surface area contributed by atoms with Crippen molar-refractivity contribution in [3.05, 3.63) is 63.2 Å². The molecular formula is C20H21FN2O3S2. The summed E-state index contributed by atoms with van der Waals surface area (Å²) in [5, 5.41) is 5.54. The van der Waals surface area contributed by atoms with Crippen LogP contribution in [-0.2, 0) is 14.3 Å². The number of thiophene rings is 1. The molecule has 3 rings (SSSR count). The number of rotatable bonds is 6. The first kappa shape index (κ1) is 20.4. The molecule has 0 bridgehead atoms. The van der Waals surface area contributed by atoms with Crippen molar-refractivity contribution in [1.82, 2.24) is 5.32 Å². The van der Waals surface area contributed by atoms with E-state index in [2.05, 4.69) is 5.32 Å². The number of nitrogens with one attached hydrogen (secondary N) is 1. The topological polar surface area (TPSA) is 50.8 Å². The highest BCUT2D eigenvalue weighted by Gasteiger charge is 2.36. The number of nitrogens with zero attached hydrogens (tertiary/aromatic N) is 1. The van der Waals surface area contributed by atoms with Crippen molar-refractivity contribution < 1.29 is 18.7 Å². The molecule has 8 heteroatoms. The second-order valence-electron chi connectivity index (χ2n) is 6.29. The van der Waals surface area contributed by atoms with E-state index in [1.54, 1.807) is 38.0 Å². The quantitative estimate of drug-likeness (QED) is 0.432. The van der Waals surface area contributed by atoms with E-state index in [0.29, 0.717) is 34.2 Å². The smallest absolute Gasteiger partial charge is 0.338 e. The summed E-state index contributed by atoms with van der Waals surface area (Å²) in [4.78, 5) is 15.5. The van der Waals surface area contributed by atoms with Crippen LogP contribution in [0.2, 0.25) is 0 Å². The number of esters is 1. The highest BCUT2D eigenvalue weighted by molar-refractivity contribution is 7.80. The Bertz CT molecular complexity index is 912. The fourth-order valence-electron chi connectivity index (χ4n) is 3.00. The minimum Gasteiger partial charge on any atom is -0.460 e. The Morgan fingerprint density at radius 2 is 2.11 bits per heavy atom. The van der Waals surface area contributed by atoms with E-state index in [0.717, 1.165) is 4.88 Å². The lowest BCUT2D eigenvalue weighted by atomic mass is 10.00. The van der Waals surface area contributed by atoms with Gasteiger partial charge in [0.2, 0.25) is 0 Å². The second kappa shape index (κ2) is 8.81. The lowest BCUT2D eigenvalue weighted by molar-refractivity contribution is -0.140. The van der Waals surface area contributed by atoms with Crippen LogP contribution in [0.1, 0.15) is 23.4 Å². The maximum Gasteiger partial charge on any atom is 0.338 e. The van der Waals surface area contributed by atoms with Gasteiger partial charge in [0.05, 0.1) is 23.9 Å². The van der Waals surface area contributed by atoms with Crippen LogP contribution in [0.15, 0.2) is 47.0 Å². The van der Waals surface area contributed by atoms with E-state index in [-0.39, 0.29) is 12.4 Å². The molecule has 0 spiro atoms. The zero-order valence-corrected chi connectivity index (χ0v) is 17.5. The molecule has 0 aliphatic carbocycles. The minimum absolute atomic E-state index is 0.146. The average Bonchev–Trinajstić information content (AvgIpc) is 3.19. The molecule has 0 fully saturated rings. The summed E-state index contributed by atoms with van der Waals surface area (Å²) in [5.41, 5.74) is 2.13. The van der Waals surface area contributed by atoms with Crippen molar-refractivity contribution in [2.45, 2.75) is 19.9 Å². The molecule has 148 valence electrons. The number of aryl methyl sites for hydroxylation is 1. The summed E-state index contributed by atoms with van der Waals surface area (Å²) < 4.78 is 24.5. The molecule has 1 aliphatic rings. The van der Waals surface area contributed by atoms with Crippen LogP contribution in [0.5, 0.6) is 0 Å². The molecule has 2 aromatic rings. The van der Waals surface area contributed by atoms with Gasteiger partial charge in [-0.1, -0.05) is 12.1 Å². The molecule has 0 radical (unpaired) electrons. The van der Waals surface area contributed by atoms with E-state index in [4.69, 9.17) is 21.7 Å². The van der Waals surface area contributed by atoms with Gasteiger partial charge in [0.25, 0.3) is 0 Å². The number of halogens is 1. The number of carbonyl (C=O) groups is 1. The van der Waals surface area contributed by atoms with Gasteiger partial charge in [-0.05, 0) is 55.2 Å². The highest BCUT2D eigenvalue weighted by atomic mass is 32.1. The predicted octanol–water partition coefficient (Wildman–Crippen LogP) is 4.10. The van der Waals surface area contributed by atoms with Gasteiger partial charge in [-0.25, -0.2) is 9.18 Å². The van der Waals surface area contributed by atoms with Crippen LogP contribution in [-0.4, -0.2) is 31.4 Å². The number of thiocarbonyl (C=S) groups is 1. The van der Waals surface area contributed by atoms with Crippen molar-refractivity contribution in [3.63, 3.8) is 0 Å². The van der Waals surface area contributed by atoms with Crippen LogP contribution >= 0.6 is 23.6 Å². The first-order valence-electron chi connectivity index (χ1n) is 8.71. The van der Waals surface area contributed by atoms with Crippen molar-refractivity contribution in [1.29, 1.82) is 0 Å². The Kier molecular flexibility index (Phi) is 6.43. The number of hydrogen-bond donors (Lipinski definition) is 1. The number of methoxy groups -OCH3 is 1. The number of allylic oxidation sites excluding steroid dienone is 1. The molecule has 1 aliphatic heterocycles. The number of carbonyl (C=O) groups excluding carboxylic acids is 1. The molecule has 28 heavy (non-hydrogen) atoms. The lowest BCUT2D eigenvalue weighted by Gasteiger charge is -2.37. The van der Waals surface area contributed by atoms with Gasteiger partial charge in [-0.3, -0.25) is 4.90 Å². The van der Waals surface area contributed by atoms with E-state index in [9.17, 15) is 9.18 Å². The normalized spacial score (nSPS) is 16.9. The molecule has 5 nitrogen and oxygen atoms in total. The molecule has 2 heterocycles. The van der Waals surface area contributed by atoms with Crippen molar-refractivity contribution in [3.8, 4) is 0 Å². The van der Waals surface area contributed by atoms with Crippen molar-refractivity contribution >= 4 is 40.3 Å². The third-order valence-electron chi connectivity index (χ3n) is 4.47. The molecule has 1 aromatic carbocycles. The molecule has 1 atom stereocenters. The van der Waals surface area contributed by atoms with Crippen LogP contribution in [0.25, 0.3) is 0 Å². The molecule has 1 N–H and O–H groups in total. The van der Waals surface area contributed by atoms with Crippen molar-refractivity contribution in [2.24, 2.45) is 0 Å². The lowest BCUT2D eigenvalue weighted by Crippen LogP contribution is -2.48. The summed E-state index contributed by atoms with van der Waals surface area (Å²) in [6.45, 7) is 3.94. The van der Waals surface area contributed by atoms with E-state index >= 15 is 0 Å². The van der Waals surface area contributed by atoms with Crippen LogP contribution in [0.4, 0.5) is 10.1 Å². The maximum absolute atomic E-state index is 14.1. The fraction of sp³-hybridized carbons (Fsp3) is 0.300. The Labute approximate surface area is 172 Å². The zero-order chi connectivity index (χ0) is 20.3. The Morgan fingerprint density at radius 1 is 1.32 bits per heavy atom. The Hall–Kier alpha value is -2.29. The summed E-state index contributed by atoms with van der Waals surface area (Å²) in [6, 6.07) is 8.29. The van der Waals surface area contributed by atoms with Crippen LogP contribution < -0.4 is 10.2 Å². The Morgan fingerprint density at radius 3 is 2.75 bits per heavy atom. The largest absolute Gasteiger partial charge is 0.460 e. The number of hydrogen-bond acceptors (Lipinski definition) is 5. The standard InChI is InChI=1S/C20H21FN2O3S2/c1-12-6-7-14(11-15(12)21)23-13(2)17(19(24)26-9-8-25-3)18(22-20(23)27)16-5-4-10-28-16/h4-7,10-11,18H,8-9H2,1-3H3,(H,22,27)/t18-/m0/s1. The summed E-state index contributed by atoms with van der Waals surface area (Å²) in [5.74, 6) is -0.793. The molecule has 0 saturated heterocycles. The number of anilines is 1. The van der Waals surface area contributed by atoms with Gasteiger partial charge in [-0.2, -0.15) is 0 Å².